The fraction of sp³-hybridized carbons (Fsp3) is 0.118. The largest absolute Gasteiger partial charge is 0.350 e. The molecule has 6 heteroatoms. The van der Waals surface area contributed by atoms with Crippen LogP contribution in [0.3, 0.4) is 0 Å². The molecule has 0 saturated carbocycles. The van der Waals surface area contributed by atoms with Crippen molar-refractivity contribution in [2.45, 2.75) is 12.5 Å². The van der Waals surface area contributed by atoms with Crippen molar-refractivity contribution in [2.75, 3.05) is 4.90 Å². The summed E-state index contributed by atoms with van der Waals surface area (Å²) in [5, 5.41) is 4.04. The Hall–Kier alpha value is -3.15. The van der Waals surface area contributed by atoms with Gasteiger partial charge in [0, 0.05) is 5.69 Å². The Kier molecular flexibility index (Phi) is 4.05. The molecule has 1 heterocycles. The van der Waals surface area contributed by atoms with Gasteiger partial charge in [0.15, 0.2) is 0 Å². The molecule has 1 aliphatic heterocycles. The summed E-state index contributed by atoms with van der Waals surface area (Å²) in [7, 11) is 0. The van der Waals surface area contributed by atoms with E-state index in [1.807, 2.05) is 60.7 Å². The molecule has 2 aromatic carbocycles. The Bertz CT molecular complexity index is 744. The topological polar surface area (TPSA) is 87.8 Å². The molecule has 23 heavy (non-hydrogen) atoms. The maximum atomic E-state index is 12.5. The van der Waals surface area contributed by atoms with E-state index in [4.69, 9.17) is 5.73 Å². The van der Waals surface area contributed by atoms with E-state index in [9.17, 15) is 9.59 Å². The van der Waals surface area contributed by atoms with Crippen molar-refractivity contribution in [3.63, 3.8) is 0 Å². The number of nitrogens with zero attached hydrogens (tertiary/aromatic N) is 2. The maximum absolute atomic E-state index is 12.5. The summed E-state index contributed by atoms with van der Waals surface area (Å²) < 4.78 is 0. The van der Waals surface area contributed by atoms with Crippen LogP contribution in [0.25, 0.3) is 0 Å². The second-order valence-corrected chi connectivity index (χ2v) is 5.17. The molecule has 3 rings (SSSR count). The molecular weight excluding hydrogens is 292 g/mol. The first kappa shape index (κ1) is 14.8. The van der Waals surface area contributed by atoms with Gasteiger partial charge in [0.25, 0.3) is 0 Å². The number of para-hydroxylation sites is 1. The third-order valence-electron chi connectivity index (χ3n) is 3.63. The van der Waals surface area contributed by atoms with Gasteiger partial charge in [-0.25, -0.2) is 10.2 Å². The van der Waals surface area contributed by atoms with E-state index in [-0.39, 0.29) is 18.4 Å². The van der Waals surface area contributed by atoms with Crippen molar-refractivity contribution in [3.8, 4) is 0 Å². The Balaban J connectivity index is 2.05. The Morgan fingerprint density at radius 1 is 1.09 bits per heavy atom. The van der Waals surface area contributed by atoms with Gasteiger partial charge in [-0.15, -0.1) is 0 Å². The lowest BCUT2D eigenvalue weighted by atomic mass is 10.0. The monoisotopic (exact) mass is 308 g/mol. The normalized spacial score (nSPS) is 19.1. The molecule has 3 N–H and O–H groups in total. The number of rotatable bonds is 3. The second kappa shape index (κ2) is 6.31. The summed E-state index contributed by atoms with van der Waals surface area (Å²) >= 11 is 0. The Morgan fingerprint density at radius 3 is 2.30 bits per heavy atom. The van der Waals surface area contributed by atoms with E-state index >= 15 is 0 Å². The number of hydrogen-bond acceptors (Lipinski definition) is 3. The number of nitrogens with one attached hydrogen (secondary N) is 1. The van der Waals surface area contributed by atoms with Gasteiger partial charge in [-0.3, -0.25) is 9.69 Å². The number of nitrogens with two attached hydrogens (primary N) is 1. The summed E-state index contributed by atoms with van der Waals surface area (Å²) in [6.45, 7) is 0. The molecule has 1 aliphatic rings. The van der Waals surface area contributed by atoms with Crippen LogP contribution in [-0.2, 0) is 4.79 Å². The molecule has 6 nitrogen and oxygen atoms in total. The molecule has 0 aliphatic carbocycles. The van der Waals surface area contributed by atoms with E-state index in [1.54, 1.807) is 4.90 Å². The minimum Gasteiger partial charge on any atom is -0.350 e. The highest BCUT2D eigenvalue weighted by molar-refractivity contribution is 6.19. The zero-order valence-electron chi connectivity index (χ0n) is 12.3. The van der Waals surface area contributed by atoms with Crippen LogP contribution in [0.2, 0.25) is 0 Å². The minimum absolute atomic E-state index is 0.0740. The second-order valence-electron chi connectivity index (χ2n) is 5.17. The van der Waals surface area contributed by atoms with Crippen LogP contribution in [0.1, 0.15) is 18.0 Å². The quantitative estimate of drug-likeness (QED) is 0.851. The summed E-state index contributed by atoms with van der Waals surface area (Å²) in [6, 6.07) is 17.8. The van der Waals surface area contributed by atoms with Crippen molar-refractivity contribution in [1.29, 1.82) is 0 Å². The third kappa shape index (κ3) is 3.06. The average Bonchev–Trinajstić information content (AvgIpc) is 2.91. The summed E-state index contributed by atoms with van der Waals surface area (Å²) in [6.07, 6.45) is 0.134. The number of primary amides is 1. The number of carbonyl (C=O) groups excluding carboxylic acids is 2. The fourth-order valence-electron chi connectivity index (χ4n) is 2.72. The summed E-state index contributed by atoms with van der Waals surface area (Å²) in [4.78, 5) is 25.1. The lowest BCUT2D eigenvalue weighted by molar-refractivity contribution is -0.116. The number of hydrazone groups is 1. The van der Waals surface area contributed by atoms with E-state index in [2.05, 4.69) is 10.5 Å². The first-order chi connectivity index (χ1) is 11.2. The van der Waals surface area contributed by atoms with Crippen LogP contribution in [0.5, 0.6) is 0 Å². The molecule has 1 saturated heterocycles. The molecule has 1 fully saturated rings. The van der Waals surface area contributed by atoms with Gasteiger partial charge in [-0.2, -0.15) is 5.10 Å². The summed E-state index contributed by atoms with van der Waals surface area (Å²) in [5.74, 6) is -0.0740. The zero-order chi connectivity index (χ0) is 16.2. The predicted octanol–water partition coefficient (Wildman–Crippen LogP) is 2.19. The van der Waals surface area contributed by atoms with Crippen molar-refractivity contribution in [1.82, 2.24) is 5.43 Å². The van der Waals surface area contributed by atoms with Crippen molar-refractivity contribution in [2.24, 2.45) is 10.8 Å². The Morgan fingerprint density at radius 2 is 1.70 bits per heavy atom. The lowest BCUT2D eigenvalue weighted by Crippen LogP contribution is -2.30. The standard InChI is InChI=1S/C17H16N4O2/c18-17(23)20-19-14-11-15(22)21(13-9-5-2-6-10-13)16(14)12-7-3-1-4-8-12/h1-10,16H,11H2,(H3,18,20,23). The van der Waals surface area contributed by atoms with Gasteiger partial charge in [0.2, 0.25) is 5.91 Å². The number of urea groups is 1. The molecular formula is C17H16N4O2. The van der Waals surface area contributed by atoms with E-state index in [1.165, 1.54) is 0 Å². The van der Waals surface area contributed by atoms with E-state index in [0.717, 1.165) is 11.3 Å². The molecule has 1 unspecified atom stereocenters. The smallest absolute Gasteiger partial charge is 0.332 e. The fourth-order valence-corrected chi connectivity index (χ4v) is 2.72. The van der Waals surface area contributed by atoms with Crippen LogP contribution in [0, 0.1) is 0 Å². The summed E-state index contributed by atoms with van der Waals surface area (Å²) in [5.41, 5.74) is 9.58. The van der Waals surface area contributed by atoms with Gasteiger partial charge in [0.1, 0.15) is 6.04 Å². The molecule has 1 atom stereocenters. The molecule has 0 bridgehead atoms. The first-order valence-electron chi connectivity index (χ1n) is 7.21. The molecule has 2 aromatic rings. The van der Waals surface area contributed by atoms with Crippen molar-refractivity contribution < 1.29 is 9.59 Å². The molecule has 0 spiro atoms. The Labute approximate surface area is 133 Å². The number of anilines is 1. The van der Waals surface area contributed by atoms with Gasteiger partial charge < -0.3 is 5.73 Å². The third-order valence-corrected chi connectivity index (χ3v) is 3.63. The van der Waals surface area contributed by atoms with Gasteiger partial charge >= 0.3 is 6.03 Å². The van der Waals surface area contributed by atoms with Crippen LogP contribution in [0.4, 0.5) is 10.5 Å². The molecule has 116 valence electrons. The van der Waals surface area contributed by atoms with Gasteiger partial charge in [-0.1, -0.05) is 48.5 Å². The van der Waals surface area contributed by atoms with Crippen molar-refractivity contribution >= 4 is 23.3 Å². The van der Waals surface area contributed by atoms with Crippen molar-refractivity contribution in [3.05, 3.63) is 66.2 Å². The van der Waals surface area contributed by atoms with Gasteiger partial charge in [-0.05, 0) is 17.7 Å². The average molecular weight is 308 g/mol. The lowest BCUT2D eigenvalue weighted by Gasteiger charge is -2.25. The molecule has 0 aromatic heterocycles. The number of benzene rings is 2. The molecule has 3 amide bonds. The highest BCUT2D eigenvalue weighted by Gasteiger charge is 2.38. The SMILES string of the molecule is NC(=O)NN=C1CC(=O)N(c2ccccc2)C1c1ccccc1. The van der Waals surface area contributed by atoms with Crippen LogP contribution in [-0.4, -0.2) is 17.6 Å². The number of carbonyl (C=O) groups is 2. The highest BCUT2D eigenvalue weighted by Crippen LogP contribution is 2.35. The number of hydrogen-bond donors (Lipinski definition) is 2. The minimum atomic E-state index is -0.755. The molecule has 0 radical (unpaired) electrons. The van der Waals surface area contributed by atoms with E-state index in [0.29, 0.717) is 5.71 Å². The maximum Gasteiger partial charge on any atom is 0.332 e. The van der Waals surface area contributed by atoms with Crippen LogP contribution < -0.4 is 16.1 Å². The number of amides is 3. The van der Waals surface area contributed by atoms with Crippen LogP contribution >= 0.6 is 0 Å². The predicted molar refractivity (Wildman–Crippen MR) is 87.9 cm³/mol. The van der Waals surface area contributed by atoms with E-state index < -0.39 is 6.03 Å². The first-order valence-corrected chi connectivity index (χ1v) is 7.21. The van der Waals surface area contributed by atoms with Crippen LogP contribution in [0.15, 0.2) is 65.8 Å². The highest BCUT2D eigenvalue weighted by atomic mass is 16.2. The van der Waals surface area contributed by atoms with Gasteiger partial charge in [0.05, 0.1) is 12.1 Å². The zero-order valence-corrected chi connectivity index (χ0v) is 12.3.